The summed E-state index contributed by atoms with van der Waals surface area (Å²) in [6.07, 6.45) is 0. The SMILES string of the molecule is NC(c1cscn1)c1c(F)cccc1F. The van der Waals surface area contributed by atoms with Crippen LogP contribution in [0.2, 0.25) is 0 Å². The predicted octanol–water partition coefficient (Wildman–Crippen LogP) is 2.47. The smallest absolute Gasteiger partial charge is 0.131 e. The molecule has 1 unspecified atom stereocenters. The van der Waals surface area contributed by atoms with E-state index in [9.17, 15) is 8.78 Å². The van der Waals surface area contributed by atoms with Gasteiger partial charge in [0.25, 0.3) is 0 Å². The molecule has 0 saturated carbocycles. The van der Waals surface area contributed by atoms with E-state index < -0.39 is 17.7 Å². The second kappa shape index (κ2) is 4.04. The second-order valence-corrected chi connectivity index (χ2v) is 3.74. The number of hydrogen-bond donors (Lipinski definition) is 1. The molecule has 0 aliphatic rings. The molecule has 0 fully saturated rings. The molecule has 0 amide bonds. The van der Waals surface area contributed by atoms with Gasteiger partial charge in [-0.05, 0) is 12.1 Å². The number of benzene rings is 1. The molecular formula is C10H8F2N2S. The Morgan fingerprint density at radius 3 is 2.47 bits per heavy atom. The van der Waals surface area contributed by atoms with Crippen molar-refractivity contribution in [1.29, 1.82) is 0 Å². The summed E-state index contributed by atoms with van der Waals surface area (Å²) in [7, 11) is 0. The van der Waals surface area contributed by atoms with Crippen LogP contribution in [0.5, 0.6) is 0 Å². The molecule has 2 aromatic rings. The van der Waals surface area contributed by atoms with Gasteiger partial charge in [-0.15, -0.1) is 11.3 Å². The fourth-order valence-electron chi connectivity index (χ4n) is 1.33. The average molecular weight is 226 g/mol. The van der Waals surface area contributed by atoms with Gasteiger partial charge in [0.05, 0.1) is 17.2 Å². The van der Waals surface area contributed by atoms with Crippen LogP contribution in [0.15, 0.2) is 29.1 Å². The first kappa shape index (κ1) is 10.2. The molecule has 1 aromatic carbocycles. The Morgan fingerprint density at radius 2 is 1.93 bits per heavy atom. The van der Waals surface area contributed by atoms with E-state index in [1.165, 1.54) is 29.5 Å². The largest absolute Gasteiger partial charge is 0.319 e. The first-order valence-corrected chi connectivity index (χ1v) is 5.22. The standard InChI is InChI=1S/C10H8F2N2S/c11-6-2-1-3-7(12)9(6)10(13)8-4-15-5-14-8/h1-5,10H,13H2. The highest BCUT2D eigenvalue weighted by molar-refractivity contribution is 7.07. The topological polar surface area (TPSA) is 38.9 Å². The lowest BCUT2D eigenvalue weighted by atomic mass is 10.0. The first-order chi connectivity index (χ1) is 7.20. The number of nitrogens with zero attached hydrogens (tertiary/aromatic N) is 1. The van der Waals surface area contributed by atoms with Crippen molar-refractivity contribution in [3.8, 4) is 0 Å². The summed E-state index contributed by atoms with van der Waals surface area (Å²) in [5.74, 6) is -1.29. The Kier molecular flexibility index (Phi) is 2.75. The van der Waals surface area contributed by atoms with Gasteiger partial charge in [0.2, 0.25) is 0 Å². The minimum atomic E-state index is -0.850. The third-order valence-electron chi connectivity index (χ3n) is 2.08. The fourth-order valence-corrected chi connectivity index (χ4v) is 1.92. The van der Waals surface area contributed by atoms with Gasteiger partial charge in [-0.2, -0.15) is 0 Å². The summed E-state index contributed by atoms with van der Waals surface area (Å²) in [6.45, 7) is 0. The molecule has 15 heavy (non-hydrogen) atoms. The molecule has 1 heterocycles. The third-order valence-corrected chi connectivity index (χ3v) is 2.69. The molecule has 0 aliphatic heterocycles. The minimum Gasteiger partial charge on any atom is -0.319 e. The van der Waals surface area contributed by atoms with E-state index in [1.54, 1.807) is 10.9 Å². The Morgan fingerprint density at radius 1 is 1.27 bits per heavy atom. The number of halogens is 2. The Balaban J connectivity index is 2.46. The summed E-state index contributed by atoms with van der Waals surface area (Å²) in [4.78, 5) is 3.93. The van der Waals surface area contributed by atoms with Gasteiger partial charge in [-0.25, -0.2) is 13.8 Å². The highest BCUT2D eigenvalue weighted by Gasteiger charge is 2.19. The zero-order valence-electron chi connectivity index (χ0n) is 7.65. The molecule has 0 radical (unpaired) electrons. The van der Waals surface area contributed by atoms with Crippen LogP contribution in [0.25, 0.3) is 0 Å². The summed E-state index contributed by atoms with van der Waals surface area (Å²) in [5, 5.41) is 1.68. The van der Waals surface area contributed by atoms with Crippen LogP contribution in [0.1, 0.15) is 17.3 Å². The molecule has 2 N–H and O–H groups in total. The summed E-state index contributed by atoms with van der Waals surface area (Å²) in [5.41, 5.74) is 7.64. The van der Waals surface area contributed by atoms with Crippen molar-refractivity contribution in [2.45, 2.75) is 6.04 Å². The normalized spacial score (nSPS) is 12.7. The van der Waals surface area contributed by atoms with Crippen LogP contribution in [-0.2, 0) is 0 Å². The molecule has 1 aromatic heterocycles. The quantitative estimate of drug-likeness (QED) is 0.854. The van der Waals surface area contributed by atoms with E-state index in [1.807, 2.05) is 0 Å². The van der Waals surface area contributed by atoms with Crippen molar-refractivity contribution in [3.05, 3.63) is 52.0 Å². The lowest BCUT2D eigenvalue weighted by Gasteiger charge is -2.11. The van der Waals surface area contributed by atoms with E-state index >= 15 is 0 Å². The number of hydrogen-bond acceptors (Lipinski definition) is 3. The maximum atomic E-state index is 13.3. The van der Waals surface area contributed by atoms with Gasteiger partial charge < -0.3 is 5.73 Å². The zero-order chi connectivity index (χ0) is 10.8. The molecule has 78 valence electrons. The van der Waals surface area contributed by atoms with E-state index in [4.69, 9.17) is 5.73 Å². The monoisotopic (exact) mass is 226 g/mol. The Hall–Kier alpha value is -1.33. The summed E-state index contributed by atoms with van der Waals surface area (Å²) >= 11 is 1.34. The van der Waals surface area contributed by atoms with Crippen molar-refractivity contribution in [2.75, 3.05) is 0 Å². The highest BCUT2D eigenvalue weighted by atomic mass is 32.1. The van der Waals surface area contributed by atoms with Crippen molar-refractivity contribution in [2.24, 2.45) is 5.73 Å². The summed E-state index contributed by atoms with van der Waals surface area (Å²) < 4.78 is 26.7. The molecule has 0 bridgehead atoms. The molecule has 1 atom stereocenters. The lowest BCUT2D eigenvalue weighted by Crippen LogP contribution is -2.15. The number of thiazole rings is 1. The van der Waals surface area contributed by atoms with Crippen molar-refractivity contribution in [3.63, 3.8) is 0 Å². The molecule has 0 saturated heterocycles. The second-order valence-electron chi connectivity index (χ2n) is 3.03. The zero-order valence-corrected chi connectivity index (χ0v) is 8.47. The molecular weight excluding hydrogens is 218 g/mol. The van der Waals surface area contributed by atoms with Gasteiger partial charge in [0.1, 0.15) is 11.6 Å². The van der Waals surface area contributed by atoms with Crippen LogP contribution >= 0.6 is 11.3 Å². The first-order valence-electron chi connectivity index (χ1n) is 4.27. The van der Waals surface area contributed by atoms with Gasteiger partial charge >= 0.3 is 0 Å². The van der Waals surface area contributed by atoms with Crippen LogP contribution in [0.4, 0.5) is 8.78 Å². The molecule has 5 heteroatoms. The fraction of sp³-hybridized carbons (Fsp3) is 0.100. The van der Waals surface area contributed by atoms with Crippen LogP contribution < -0.4 is 5.73 Å². The highest BCUT2D eigenvalue weighted by Crippen LogP contribution is 2.24. The van der Waals surface area contributed by atoms with Crippen molar-refractivity contribution >= 4 is 11.3 Å². The van der Waals surface area contributed by atoms with Crippen LogP contribution in [0.3, 0.4) is 0 Å². The lowest BCUT2D eigenvalue weighted by molar-refractivity contribution is 0.541. The van der Waals surface area contributed by atoms with E-state index in [-0.39, 0.29) is 5.56 Å². The van der Waals surface area contributed by atoms with Gasteiger partial charge in [-0.1, -0.05) is 6.07 Å². The van der Waals surface area contributed by atoms with E-state index in [2.05, 4.69) is 4.98 Å². The van der Waals surface area contributed by atoms with Crippen molar-refractivity contribution in [1.82, 2.24) is 4.98 Å². The third kappa shape index (κ3) is 1.88. The number of rotatable bonds is 2. The van der Waals surface area contributed by atoms with Crippen LogP contribution in [0, 0.1) is 11.6 Å². The van der Waals surface area contributed by atoms with E-state index in [0.717, 1.165) is 0 Å². The predicted molar refractivity (Wildman–Crippen MR) is 54.5 cm³/mol. The number of nitrogens with two attached hydrogens (primary N) is 1. The molecule has 2 nitrogen and oxygen atoms in total. The Labute approximate surface area is 89.4 Å². The maximum absolute atomic E-state index is 13.3. The molecule has 0 aliphatic carbocycles. The van der Waals surface area contributed by atoms with Crippen molar-refractivity contribution < 1.29 is 8.78 Å². The maximum Gasteiger partial charge on any atom is 0.131 e. The Bertz CT molecular complexity index is 436. The minimum absolute atomic E-state index is 0.136. The van der Waals surface area contributed by atoms with Gasteiger partial charge in [0, 0.05) is 10.9 Å². The molecule has 0 spiro atoms. The van der Waals surface area contributed by atoms with Gasteiger partial charge in [-0.3, -0.25) is 0 Å². The average Bonchev–Trinajstić information content (AvgIpc) is 2.69. The van der Waals surface area contributed by atoms with E-state index in [0.29, 0.717) is 5.69 Å². The number of aromatic nitrogens is 1. The molecule has 2 rings (SSSR count). The van der Waals surface area contributed by atoms with Gasteiger partial charge in [0.15, 0.2) is 0 Å². The summed E-state index contributed by atoms with van der Waals surface area (Å²) in [6, 6.07) is 2.83. The van der Waals surface area contributed by atoms with Crippen LogP contribution in [-0.4, -0.2) is 4.98 Å².